The molecule has 274 valence electrons. The molecule has 6 N–H and O–H groups in total. The van der Waals surface area contributed by atoms with Crippen LogP contribution in [0.5, 0.6) is 0 Å². The lowest BCUT2D eigenvalue weighted by Crippen LogP contribution is -2.61. The number of carboxylic acid groups (broad SMARTS) is 1. The molecule has 1 heterocycles. The van der Waals surface area contributed by atoms with E-state index in [-0.39, 0.29) is 25.2 Å². The normalized spacial score (nSPS) is 18.4. The molecule has 0 aliphatic carbocycles. The highest BCUT2D eigenvalue weighted by Crippen LogP contribution is 2.28. The number of carbonyl (C=O) groups excluding carboxylic acids is 4. The van der Waals surface area contributed by atoms with Crippen LogP contribution in [0, 0.1) is 0 Å². The maximum absolute atomic E-state index is 14.0. The second-order valence-electron chi connectivity index (χ2n) is 12.9. The van der Waals surface area contributed by atoms with Crippen LogP contribution in [0.25, 0.3) is 0 Å². The van der Waals surface area contributed by atoms with Gasteiger partial charge in [-0.2, -0.15) is 0 Å². The van der Waals surface area contributed by atoms with Gasteiger partial charge in [0.1, 0.15) is 18.1 Å². The Morgan fingerprint density at radius 2 is 1.58 bits per heavy atom. The molecule has 6 atom stereocenters. The summed E-state index contributed by atoms with van der Waals surface area (Å²) in [5, 5.41) is 25.5. The molecule has 13 heteroatoms. The predicted octanol–water partition coefficient (Wildman–Crippen LogP) is 2.02. The molecule has 0 saturated carbocycles. The minimum absolute atomic E-state index is 0.0609. The third-order valence-electron chi connectivity index (χ3n) is 9.42. The van der Waals surface area contributed by atoms with Crippen molar-refractivity contribution in [2.75, 3.05) is 27.2 Å². The Bertz CT molecular complexity index is 1370. The average molecular weight is 696 g/mol. The van der Waals surface area contributed by atoms with Gasteiger partial charge in [-0.1, -0.05) is 60.7 Å². The summed E-state index contributed by atoms with van der Waals surface area (Å²) in [5.74, 6) is -3.74. The molecular weight excluding hydrogens is 642 g/mol. The lowest BCUT2D eigenvalue weighted by molar-refractivity contribution is -0.148. The number of nitrogens with one attached hydrogen (secondary N) is 2. The van der Waals surface area contributed by atoms with E-state index < -0.39 is 66.0 Å². The molecule has 1 aliphatic rings. The van der Waals surface area contributed by atoms with E-state index in [4.69, 9.17) is 10.5 Å². The predicted molar refractivity (Wildman–Crippen MR) is 188 cm³/mol. The molecule has 2 aromatic carbocycles. The molecular formula is C37H53N5O8. The first kappa shape index (κ1) is 40.1. The van der Waals surface area contributed by atoms with Crippen molar-refractivity contribution in [3.05, 3.63) is 71.8 Å². The number of nitrogens with two attached hydrogens (primary N) is 1. The average Bonchev–Trinajstić information content (AvgIpc) is 3.12. The van der Waals surface area contributed by atoms with Gasteiger partial charge in [0.2, 0.25) is 23.6 Å². The van der Waals surface area contributed by atoms with Gasteiger partial charge in [-0.25, -0.2) is 4.79 Å². The minimum Gasteiger partial charge on any atom is -0.480 e. The number of unbranched alkanes of at least 4 members (excludes halogenated alkanes) is 1. The van der Waals surface area contributed by atoms with Crippen molar-refractivity contribution in [2.24, 2.45) is 5.73 Å². The zero-order valence-electron chi connectivity index (χ0n) is 29.5. The van der Waals surface area contributed by atoms with Crippen LogP contribution in [0.15, 0.2) is 60.7 Å². The molecule has 0 aromatic heterocycles. The van der Waals surface area contributed by atoms with Gasteiger partial charge in [-0.3, -0.25) is 19.2 Å². The number of likely N-dealkylation sites (tertiary alicyclic amines) is 1. The highest BCUT2D eigenvalue weighted by molar-refractivity contribution is 5.94. The van der Waals surface area contributed by atoms with E-state index in [0.717, 1.165) is 11.1 Å². The highest BCUT2D eigenvalue weighted by atomic mass is 16.5. The Balaban J connectivity index is 1.74. The van der Waals surface area contributed by atoms with Crippen LogP contribution in [-0.4, -0.2) is 113 Å². The number of methoxy groups -OCH3 is 1. The van der Waals surface area contributed by atoms with Gasteiger partial charge in [0.15, 0.2) is 0 Å². The van der Waals surface area contributed by atoms with E-state index in [0.29, 0.717) is 38.8 Å². The van der Waals surface area contributed by atoms with Crippen molar-refractivity contribution >= 4 is 29.6 Å². The summed E-state index contributed by atoms with van der Waals surface area (Å²) in [4.78, 5) is 69.0. The fourth-order valence-corrected chi connectivity index (χ4v) is 6.39. The summed E-state index contributed by atoms with van der Waals surface area (Å²) >= 11 is 0. The number of nitrogens with zero attached hydrogens (tertiary/aromatic N) is 2. The number of ether oxygens (including phenoxy) is 1. The summed E-state index contributed by atoms with van der Waals surface area (Å²) in [6.45, 7) is 3.70. The molecule has 0 bridgehead atoms. The van der Waals surface area contributed by atoms with Crippen LogP contribution in [-0.2, 0) is 28.7 Å². The molecule has 4 amide bonds. The second kappa shape index (κ2) is 19.8. The zero-order valence-corrected chi connectivity index (χ0v) is 29.5. The van der Waals surface area contributed by atoms with Crippen LogP contribution >= 0.6 is 0 Å². The topological polar surface area (TPSA) is 192 Å². The summed E-state index contributed by atoms with van der Waals surface area (Å²) in [6, 6.07) is 14.6. The van der Waals surface area contributed by atoms with Gasteiger partial charge < -0.3 is 41.1 Å². The van der Waals surface area contributed by atoms with Gasteiger partial charge in [0.05, 0.1) is 24.2 Å². The Morgan fingerprint density at radius 1 is 0.980 bits per heavy atom. The molecule has 0 unspecified atom stereocenters. The van der Waals surface area contributed by atoms with Crippen LogP contribution in [0.2, 0.25) is 0 Å². The Labute approximate surface area is 294 Å². The van der Waals surface area contributed by atoms with Crippen LogP contribution in [0.3, 0.4) is 0 Å². The van der Waals surface area contributed by atoms with Crippen molar-refractivity contribution in [1.29, 1.82) is 0 Å². The summed E-state index contributed by atoms with van der Waals surface area (Å²) in [5.41, 5.74) is 7.04. The maximum atomic E-state index is 14.0. The van der Waals surface area contributed by atoms with Gasteiger partial charge in [-0.15, -0.1) is 0 Å². The van der Waals surface area contributed by atoms with Crippen molar-refractivity contribution < 1.29 is 38.9 Å². The Kier molecular flexibility index (Phi) is 15.8. The molecule has 3 rings (SSSR count). The number of likely N-dealkylation sites (N-methyl/N-ethyl adjacent to an activating group) is 1. The van der Waals surface area contributed by atoms with Crippen LogP contribution < -0.4 is 16.4 Å². The number of hydrogen-bond acceptors (Lipinski definition) is 8. The smallest absolute Gasteiger partial charge is 0.326 e. The number of aliphatic hydroxyl groups excluding tert-OH is 1. The number of rotatable bonds is 18. The lowest BCUT2D eigenvalue weighted by Gasteiger charge is -2.42. The Morgan fingerprint density at radius 3 is 2.10 bits per heavy atom. The number of amides is 4. The SMILES string of the molecule is CO[C@@H]1CCCN(C(=O)[C@@H](NC(=O)[C@@H](C)N(C)C(=O)C(c2ccccc2)c2ccccc2)[C@H](C)O)[C@@H]1CCC(=O)N[C@@H](CCCCN)C(=O)O. The number of carboxylic acids is 1. The van der Waals surface area contributed by atoms with Gasteiger partial charge in [-0.05, 0) is 70.0 Å². The lowest BCUT2D eigenvalue weighted by atomic mass is 9.89. The van der Waals surface area contributed by atoms with E-state index in [2.05, 4.69) is 10.6 Å². The molecule has 0 radical (unpaired) electrons. The van der Waals surface area contributed by atoms with Crippen molar-refractivity contribution in [2.45, 2.75) is 101 Å². The first-order valence-corrected chi connectivity index (χ1v) is 17.3. The fraction of sp³-hybridized carbons (Fsp3) is 0.541. The second-order valence-corrected chi connectivity index (χ2v) is 12.9. The first-order valence-electron chi connectivity index (χ1n) is 17.3. The third-order valence-corrected chi connectivity index (χ3v) is 9.42. The number of aliphatic carboxylic acids is 1. The van der Waals surface area contributed by atoms with E-state index in [1.807, 2.05) is 60.7 Å². The van der Waals surface area contributed by atoms with E-state index in [9.17, 15) is 34.2 Å². The Hall–Kier alpha value is -4.33. The third kappa shape index (κ3) is 10.8. The number of aliphatic hydroxyl groups is 1. The molecule has 2 aromatic rings. The molecule has 0 spiro atoms. The van der Waals surface area contributed by atoms with Crippen molar-refractivity contribution in [1.82, 2.24) is 20.4 Å². The molecule has 50 heavy (non-hydrogen) atoms. The van der Waals surface area contributed by atoms with Crippen LogP contribution in [0.4, 0.5) is 0 Å². The largest absolute Gasteiger partial charge is 0.480 e. The standard InChI is InChI=1S/C37H53N5O8/c1-24(41(3)35(46)32(26-14-7-5-8-15-26)27-16-9-6-10-17-27)34(45)40-33(25(2)43)36(47)42-23-13-19-30(50-4)29(42)20-21-31(44)39-28(37(48)49)18-11-12-22-38/h5-10,14-17,24-25,28-30,32-33,43H,11-13,18-23,38H2,1-4H3,(H,39,44)(H,40,45)(H,48,49)/t24-,25+,28+,29-,30-,33+/m1/s1. The van der Waals surface area contributed by atoms with Crippen LogP contribution in [0.1, 0.15) is 75.8 Å². The summed E-state index contributed by atoms with van der Waals surface area (Å²) in [7, 11) is 3.05. The quantitative estimate of drug-likeness (QED) is 0.145. The van der Waals surface area contributed by atoms with Gasteiger partial charge in [0, 0.05) is 27.1 Å². The van der Waals surface area contributed by atoms with E-state index >= 15 is 0 Å². The molecule has 1 saturated heterocycles. The van der Waals surface area contributed by atoms with E-state index in [1.165, 1.54) is 30.9 Å². The summed E-state index contributed by atoms with van der Waals surface area (Å²) in [6.07, 6.45) is 1.10. The van der Waals surface area contributed by atoms with Crippen molar-refractivity contribution in [3.63, 3.8) is 0 Å². The van der Waals surface area contributed by atoms with Gasteiger partial charge in [0.25, 0.3) is 0 Å². The summed E-state index contributed by atoms with van der Waals surface area (Å²) < 4.78 is 5.69. The molecule has 1 fully saturated rings. The molecule has 13 nitrogen and oxygen atoms in total. The number of hydrogen-bond donors (Lipinski definition) is 5. The maximum Gasteiger partial charge on any atom is 0.326 e. The number of benzene rings is 2. The van der Waals surface area contributed by atoms with Gasteiger partial charge >= 0.3 is 5.97 Å². The number of piperidine rings is 1. The highest BCUT2D eigenvalue weighted by Gasteiger charge is 2.40. The fourth-order valence-electron chi connectivity index (χ4n) is 6.39. The monoisotopic (exact) mass is 695 g/mol. The minimum atomic E-state index is -1.33. The van der Waals surface area contributed by atoms with E-state index in [1.54, 1.807) is 6.92 Å². The zero-order chi connectivity index (χ0) is 36.8. The molecule has 1 aliphatic heterocycles. The first-order chi connectivity index (χ1) is 23.9. The number of carbonyl (C=O) groups is 5. The van der Waals surface area contributed by atoms with Crippen molar-refractivity contribution in [3.8, 4) is 0 Å².